The fourth-order valence-electron chi connectivity index (χ4n) is 4.67. The fraction of sp³-hybridized carbons (Fsp3) is 0.833. The molecule has 3 nitrogen and oxygen atoms in total. The fourth-order valence-corrected chi connectivity index (χ4v) is 4.67. The standard InChI is InChI=1S/C18H27NO2/c1-13-11-16-15(7-6-14(20)5-3-4-10-19)17(21)8-9-18(16,2)12-13/h13,15-16H,3-9,11-12H2,1-2H3/t13-,15?,16-,18?/m1/s1. The van der Waals surface area contributed by atoms with Gasteiger partial charge in [-0.2, -0.15) is 5.26 Å². The maximum atomic E-state index is 12.3. The van der Waals surface area contributed by atoms with Crippen LogP contribution in [0.5, 0.6) is 0 Å². The largest absolute Gasteiger partial charge is 0.300 e. The van der Waals surface area contributed by atoms with Gasteiger partial charge in [-0.1, -0.05) is 13.8 Å². The van der Waals surface area contributed by atoms with Crippen molar-refractivity contribution in [3.8, 4) is 6.07 Å². The minimum Gasteiger partial charge on any atom is -0.300 e. The van der Waals surface area contributed by atoms with Crippen molar-refractivity contribution in [2.24, 2.45) is 23.2 Å². The van der Waals surface area contributed by atoms with Crippen LogP contribution in [0, 0.1) is 34.5 Å². The number of ketones is 2. The second kappa shape index (κ2) is 6.73. The zero-order chi connectivity index (χ0) is 15.5. The van der Waals surface area contributed by atoms with Crippen LogP contribution in [0.25, 0.3) is 0 Å². The molecule has 21 heavy (non-hydrogen) atoms. The molecule has 2 saturated carbocycles. The highest BCUT2D eigenvalue weighted by Crippen LogP contribution is 2.56. The van der Waals surface area contributed by atoms with E-state index in [2.05, 4.69) is 19.9 Å². The monoisotopic (exact) mass is 289 g/mol. The van der Waals surface area contributed by atoms with Crippen LogP contribution in [0.3, 0.4) is 0 Å². The SMILES string of the molecule is C[C@@H]1C[C@@H]2C(CCC(=O)CCCC#N)C(=O)CCC2(C)C1. The van der Waals surface area contributed by atoms with Gasteiger partial charge in [-0.25, -0.2) is 0 Å². The van der Waals surface area contributed by atoms with Gasteiger partial charge in [0, 0.05) is 31.6 Å². The van der Waals surface area contributed by atoms with Crippen molar-refractivity contribution in [1.82, 2.24) is 0 Å². The number of hydrogen-bond acceptors (Lipinski definition) is 3. The van der Waals surface area contributed by atoms with Crippen molar-refractivity contribution in [2.75, 3.05) is 0 Å². The summed E-state index contributed by atoms with van der Waals surface area (Å²) in [7, 11) is 0. The average molecular weight is 289 g/mol. The van der Waals surface area contributed by atoms with E-state index in [4.69, 9.17) is 5.26 Å². The molecule has 2 fully saturated rings. The van der Waals surface area contributed by atoms with E-state index >= 15 is 0 Å². The molecule has 0 N–H and O–H groups in total. The summed E-state index contributed by atoms with van der Waals surface area (Å²) in [5.41, 5.74) is 0.321. The summed E-state index contributed by atoms with van der Waals surface area (Å²) in [6.07, 6.45) is 6.97. The first-order chi connectivity index (χ1) is 9.96. The molecule has 0 aromatic carbocycles. The van der Waals surface area contributed by atoms with Gasteiger partial charge in [0.1, 0.15) is 11.6 Å². The molecule has 0 radical (unpaired) electrons. The molecule has 0 bridgehead atoms. The summed E-state index contributed by atoms with van der Waals surface area (Å²) < 4.78 is 0. The minimum atomic E-state index is 0.105. The van der Waals surface area contributed by atoms with Crippen LogP contribution in [0.1, 0.15) is 71.6 Å². The Morgan fingerprint density at radius 2 is 2.19 bits per heavy atom. The normalized spacial score (nSPS) is 35.3. The molecule has 116 valence electrons. The van der Waals surface area contributed by atoms with E-state index in [0.29, 0.717) is 55.1 Å². The molecule has 0 heterocycles. The van der Waals surface area contributed by atoms with Crippen LogP contribution in [0.2, 0.25) is 0 Å². The topological polar surface area (TPSA) is 57.9 Å². The number of nitrogens with zero attached hydrogens (tertiary/aromatic N) is 1. The van der Waals surface area contributed by atoms with E-state index in [1.54, 1.807) is 0 Å². The zero-order valence-electron chi connectivity index (χ0n) is 13.4. The summed E-state index contributed by atoms with van der Waals surface area (Å²) in [5.74, 6) is 1.90. The quantitative estimate of drug-likeness (QED) is 0.693. The number of unbranched alkanes of at least 4 members (excludes halogenated alkanes) is 1. The zero-order valence-corrected chi connectivity index (χ0v) is 13.4. The van der Waals surface area contributed by atoms with Crippen LogP contribution in [-0.4, -0.2) is 11.6 Å². The predicted octanol–water partition coefficient (Wildman–Crippen LogP) is 4.06. The first kappa shape index (κ1) is 16.2. The molecular formula is C18H27NO2. The Hall–Kier alpha value is -1.17. The van der Waals surface area contributed by atoms with Gasteiger partial charge in [0.25, 0.3) is 0 Å². The third-order valence-electron chi connectivity index (χ3n) is 5.69. The van der Waals surface area contributed by atoms with Gasteiger partial charge in [-0.15, -0.1) is 0 Å². The number of carbonyl (C=O) groups excluding carboxylic acids is 2. The van der Waals surface area contributed by atoms with Crippen molar-refractivity contribution in [2.45, 2.75) is 71.6 Å². The molecule has 2 rings (SSSR count). The highest BCUT2D eigenvalue weighted by Gasteiger charge is 2.50. The van der Waals surface area contributed by atoms with Crippen molar-refractivity contribution in [3.63, 3.8) is 0 Å². The van der Waals surface area contributed by atoms with Gasteiger partial charge in [0.2, 0.25) is 0 Å². The van der Waals surface area contributed by atoms with Crippen LogP contribution in [0.15, 0.2) is 0 Å². The Labute approximate surface area is 128 Å². The van der Waals surface area contributed by atoms with E-state index in [1.165, 1.54) is 6.42 Å². The summed E-state index contributed by atoms with van der Waals surface area (Å²) in [6.45, 7) is 4.63. The third kappa shape index (κ3) is 3.73. The van der Waals surface area contributed by atoms with Gasteiger partial charge < -0.3 is 0 Å². The summed E-state index contributed by atoms with van der Waals surface area (Å²) >= 11 is 0. The van der Waals surface area contributed by atoms with Crippen LogP contribution >= 0.6 is 0 Å². The van der Waals surface area contributed by atoms with E-state index < -0.39 is 0 Å². The average Bonchev–Trinajstić information content (AvgIpc) is 2.73. The number of hydrogen-bond donors (Lipinski definition) is 0. The lowest BCUT2D eigenvalue weighted by Crippen LogP contribution is -2.38. The molecule has 0 amide bonds. The van der Waals surface area contributed by atoms with Crippen LogP contribution in [0.4, 0.5) is 0 Å². The molecular weight excluding hydrogens is 262 g/mol. The van der Waals surface area contributed by atoms with E-state index in [-0.39, 0.29) is 11.7 Å². The lowest BCUT2D eigenvalue weighted by atomic mass is 9.63. The number of nitriles is 1. The minimum absolute atomic E-state index is 0.105. The van der Waals surface area contributed by atoms with Crippen LogP contribution < -0.4 is 0 Å². The van der Waals surface area contributed by atoms with Crippen molar-refractivity contribution < 1.29 is 9.59 Å². The second-order valence-electron chi connectivity index (χ2n) is 7.47. The molecule has 0 aromatic heterocycles. The molecule has 0 saturated heterocycles. The molecule has 0 aliphatic heterocycles. The first-order valence-corrected chi connectivity index (χ1v) is 8.37. The maximum absolute atomic E-state index is 12.3. The Balaban J connectivity index is 1.90. The van der Waals surface area contributed by atoms with E-state index in [9.17, 15) is 9.59 Å². The molecule has 4 atom stereocenters. The third-order valence-corrected chi connectivity index (χ3v) is 5.69. The van der Waals surface area contributed by atoms with Crippen molar-refractivity contribution in [3.05, 3.63) is 0 Å². The lowest BCUT2D eigenvalue weighted by molar-refractivity contribution is -0.131. The maximum Gasteiger partial charge on any atom is 0.136 e. The van der Waals surface area contributed by atoms with Gasteiger partial charge >= 0.3 is 0 Å². The summed E-state index contributed by atoms with van der Waals surface area (Å²) in [6, 6.07) is 2.07. The first-order valence-electron chi connectivity index (χ1n) is 8.37. The predicted molar refractivity (Wildman–Crippen MR) is 81.4 cm³/mol. The molecule has 2 unspecified atom stereocenters. The number of Topliss-reactive ketones (excluding diaryl/α,β-unsaturated/α-hetero) is 2. The van der Waals surface area contributed by atoms with Gasteiger partial charge in [0.05, 0.1) is 6.07 Å². The van der Waals surface area contributed by atoms with Crippen molar-refractivity contribution >= 4 is 11.6 Å². The van der Waals surface area contributed by atoms with Crippen LogP contribution in [-0.2, 0) is 9.59 Å². The summed E-state index contributed by atoms with van der Waals surface area (Å²) in [5, 5.41) is 8.50. The van der Waals surface area contributed by atoms with E-state index in [1.807, 2.05) is 0 Å². The Kier molecular flexibility index (Phi) is 5.19. The lowest BCUT2D eigenvalue weighted by Gasteiger charge is -2.41. The molecule has 2 aliphatic carbocycles. The smallest absolute Gasteiger partial charge is 0.136 e. The number of carbonyl (C=O) groups is 2. The molecule has 2 aliphatic rings. The number of fused-ring (bicyclic) bond motifs is 1. The van der Waals surface area contributed by atoms with Gasteiger partial charge in [-0.3, -0.25) is 9.59 Å². The summed E-state index contributed by atoms with van der Waals surface area (Å²) in [4.78, 5) is 24.2. The molecule has 3 heteroatoms. The second-order valence-corrected chi connectivity index (χ2v) is 7.47. The van der Waals surface area contributed by atoms with Gasteiger partial charge in [-0.05, 0) is 49.4 Å². The Morgan fingerprint density at radius 1 is 1.43 bits per heavy atom. The molecule has 0 aromatic rings. The van der Waals surface area contributed by atoms with Gasteiger partial charge in [0.15, 0.2) is 0 Å². The van der Waals surface area contributed by atoms with E-state index in [0.717, 1.165) is 19.3 Å². The Bertz CT molecular complexity index is 451. The highest BCUT2D eigenvalue weighted by molar-refractivity contribution is 5.84. The van der Waals surface area contributed by atoms with Crippen molar-refractivity contribution in [1.29, 1.82) is 5.26 Å². The number of rotatable bonds is 6. The Morgan fingerprint density at radius 3 is 2.90 bits per heavy atom. The highest BCUT2D eigenvalue weighted by atomic mass is 16.1. The molecule has 0 spiro atoms.